The highest BCUT2D eigenvalue weighted by Crippen LogP contribution is 2.21. The predicted molar refractivity (Wildman–Crippen MR) is 79.0 cm³/mol. The molecule has 2 rings (SSSR count). The molecule has 0 bridgehead atoms. The van der Waals surface area contributed by atoms with Crippen molar-refractivity contribution in [2.75, 3.05) is 0 Å². The molecule has 1 N–H and O–H groups in total. The molecule has 0 aliphatic rings. The Bertz CT molecular complexity index is 697. The van der Waals surface area contributed by atoms with Gasteiger partial charge < -0.3 is 4.98 Å². The van der Waals surface area contributed by atoms with Crippen LogP contribution in [0.5, 0.6) is 0 Å². The van der Waals surface area contributed by atoms with Crippen molar-refractivity contribution < 1.29 is 4.92 Å². The van der Waals surface area contributed by atoms with Gasteiger partial charge in [0.1, 0.15) is 5.82 Å². The van der Waals surface area contributed by atoms with Crippen molar-refractivity contribution in [1.29, 1.82) is 0 Å². The summed E-state index contributed by atoms with van der Waals surface area (Å²) in [5, 5.41) is 10.7. The van der Waals surface area contributed by atoms with Gasteiger partial charge in [-0.05, 0) is 29.0 Å². The van der Waals surface area contributed by atoms with E-state index in [1.165, 1.54) is 12.1 Å². The normalized spacial score (nSPS) is 10.4. The number of hydrogen-bond donors (Lipinski definition) is 1. The van der Waals surface area contributed by atoms with Gasteiger partial charge in [-0.2, -0.15) is 0 Å². The van der Waals surface area contributed by atoms with Gasteiger partial charge >= 0.3 is 0 Å². The zero-order chi connectivity index (χ0) is 14.0. The number of H-pyrrole nitrogens is 1. The Balaban J connectivity index is 2.59. The molecule has 2 aromatic rings. The monoisotopic (exact) mass is 371 g/mol. The fourth-order valence-corrected chi connectivity index (χ4v) is 2.28. The van der Waals surface area contributed by atoms with Crippen LogP contribution in [-0.2, 0) is 6.42 Å². The van der Waals surface area contributed by atoms with E-state index >= 15 is 0 Å². The lowest BCUT2D eigenvalue weighted by Gasteiger charge is -2.05. The lowest BCUT2D eigenvalue weighted by Crippen LogP contribution is -2.16. The topological polar surface area (TPSA) is 88.9 Å². The summed E-state index contributed by atoms with van der Waals surface area (Å²) in [5.41, 5.74) is 0.953. The largest absolute Gasteiger partial charge is 0.306 e. The summed E-state index contributed by atoms with van der Waals surface area (Å²) >= 11 is 1.94. The lowest BCUT2D eigenvalue weighted by molar-refractivity contribution is -0.384. The van der Waals surface area contributed by atoms with Gasteiger partial charge in [-0.3, -0.25) is 14.9 Å². The number of aromatic nitrogens is 2. The molecule has 7 heteroatoms. The summed E-state index contributed by atoms with van der Waals surface area (Å²) in [6, 6.07) is 6.04. The molecular weight excluding hydrogens is 361 g/mol. The van der Waals surface area contributed by atoms with Crippen LogP contribution in [0.25, 0.3) is 11.4 Å². The highest BCUT2D eigenvalue weighted by molar-refractivity contribution is 14.1. The van der Waals surface area contributed by atoms with E-state index in [9.17, 15) is 14.9 Å². The molecule has 1 aromatic heterocycles. The Morgan fingerprint density at radius 2 is 2.21 bits per heavy atom. The van der Waals surface area contributed by atoms with Crippen LogP contribution < -0.4 is 5.56 Å². The van der Waals surface area contributed by atoms with E-state index in [1.54, 1.807) is 12.1 Å². The van der Waals surface area contributed by atoms with E-state index < -0.39 is 4.92 Å². The molecule has 0 saturated heterocycles. The van der Waals surface area contributed by atoms with Crippen molar-refractivity contribution in [2.45, 2.75) is 13.3 Å². The fraction of sp³-hybridized carbons (Fsp3) is 0.167. The number of aryl methyl sites for hydroxylation is 1. The van der Waals surface area contributed by atoms with Gasteiger partial charge in [-0.1, -0.05) is 19.1 Å². The number of nitro benzene ring substituents is 1. The summed E-state index contributed by atoms with van der Waals surface area (Å²) in [6.45, 7) is 1.90. The quantitative estimate of drug-likeness (QED) is 0.510. The zero-order valence-corrected chi connectivity index (χ0v) is 12.2. The SMILES string of the molecule is CCc1nc(-c2cccc([N+](=O)[O-])c2)[nH]c(=O)c1I. The minimum Gasteiger partial charge on any atom is -0.306 e. The first-order valence-electron chi connectivity index (χ1n) is 5.56. The first kappa shape index (κ1) is 13.7. The maximum atomic E-state index is 11.8. The molecule has 98 valence electrons. The van der Waals surface area contributed by atoms with Crippen molar-refractivity contribution in [3.05, 3.63) is 54.0 Å². The Kier molecular flexibility index (Phi) is 3.93. The smallest absolute Gasteiger partial charge is 0.270 e. The fourth-order valence-electron chi connectivity index (χ4n) is 1.64. The third-order valence-corrected chi connectivity index (χ3v) is 3.71. The Hall–Kier alpha value is -1.77. The summed E-state index contributed by atoms with van der Waals surface area (Å²) < 4.78 is 0.550. The predicted octanol–water partition coefficient (Wildman–Crippen LogP) is 2.51. The highest BCUT2D eigenvalue weighted by Gasteiger charge is 2.12. The van der Waals surface area contributed by atoms with Gasteiger partial charge in [0, 0.05) is 17.7 Å². The highest BCUT2D eigenvalue weighted by atomic mass is 127. The van der Waals surface area contributed by atoms with E-state index in [2.05, 4.69) is 9.97 Å². The number of aromatic amines is 1. The number of halogens is 1. The van der Waals surface area contributed by atoms with E-state index in [4.69, 9.17) is 0 Å². The molecule has 0 spiro atoms. The minimum atomic E-state index is -0.477. The van der Waals surface area contributed by atoms with Crippen molar-refractivity contribution in [3.63, 3.8) is 0 Å². The van der Waals surface area contributed by atoms with Gasteiger partial charge in [0.15, 0.2) is 0 Å². The van der Waals surface area contributed by atoms with Crippen LogP contribution in [-0.4, -0.2) is 14.9 Å². The van der Waals surface area contributed by atoms with Crippen LogP contribution in [0.1, 0.15) is 12.6 Å². The van der Waals surface area contributed by atoms with Crippen LogP contribution in [0.15, 0.2) is 29.1 Å². The summed E-state index contributed by atoms with van der Waals surface area (Å²) in [7, 11) is 0. The van der Waals surface area contributed by atoms with Crippen LogP contribution in [0.3, 0.4) is 0 Å². The third-order valence-electron chi connectivity index (χ3n) is 2.60. The maximum absolute atomic E-state index is 11.8. The van der Waals surface area contributed by atoms with Gasteiger partial charge in [-0.25, -0.2) is 4.98 Å². The Labute approximate surface area is 122 Å². The molecule has 0 amide bonds. The Morgan fingerprint density at radius 3 is 2.84 bits per heavy atom. The van der Waals surface area contributed by atoms with E-state index in [0.29, 0.717) is 27.1 Å². The molecule has 0 saturated carbocycles. The van der Waals surface area contributed by atoms with Gasteiger partial charge in [0.25, 0.3) is 11.2 Å². The van der Waals surface area contributed by atoms with Crippen molar-refractivity contribution in [3.8, 4) is 11.4 Å². The summed E-state index contributed by atoms with van der Waals surface area (Å²) in [4.78, 5) is 29.0. The summed E-state index contributed by atoms with van der Waals surface area (Å²) in [6.07, 6.45) is 0.629. The van der Waals surface area contributed by atoms with Gasteiger partial charge in [-0.15, -0.1) is 0 Å². The molecular formula is C12H10IN3O3. The number of nitro groups is 1. The first-order chi connectivity index (χ1) is 9.02. The standard InChI is InChI=1S/C12H10IN3O3/c1-2-9-10(13)12(17)15-11(14-9)7-4-3-5-8(6-7)16(18)19/h3-6H,2H2,1H3,(H,14,15,17). The molecule has 0 aliphatic heterocycles. The second-order valence-corrected chi connectivity index (χ2v) is 4.91. The molecule has 1 aromatic carbocycles. The van der Waals surface area contributed by atoms with Gasteiger partial charge in [0.2, 0.25) is 0 Å². The van der Waals surface area contributed by atoms with Crippen LogP contribution in [0.4, 0.5) is 5.69 Å². The van der Waals surface area contributed by atoms with Crippen molar-refractivity contribution in [2.24, 2.45) is 0 Å². The molecule has 0 fully saturated rings. The van der Waals surface area contributed by atoms with E-state index in [0.717, 1.165) is 0 Å². The number of nitrogens with one attached hydrogen (secondary N) is 1. The number of rotatable bonds is 3. The number of benzene rings is 1. The van der Waals surface area contributed by atoms with Crippen LogP contribution in [0, 0.1) is 13.7 Å². The molecule has 0 radical (unpaired) electrons. The number of nitrogens with zero attached hydrogens (tertiary/aromatic N) is 2. The van der Waals surface area contributed by atoms with E-state index in [1.807, 2.05) is 29.5 Å². The van der Waals surface area contributed by atoms with Crippen molar-refractivity contribution in [1.82, 2.24) is 9.97 Å². The Morgan fingerprint density at radius 1 is 1.47 bits per heavy atom. The first-order valence-corrected chi connectivity index (χ1v) is 6.64. The second-order valence-electron chi connectivity index (χ2n) is 3.84. The lowest BCUT2D eigenvalue weighted by atomic mass is 10.2. The minimum absolute atomic E-state index is 0.0308. The molecule has 0 aliphatic carbocycles. The number of non-ortho nitro benzene ring substituents is 1. The van der Waals surface area contributed by atoms with Gasteiger partial charge in [0.05, 0.1) is 14.2 Å². The van der Waals surface area contributed by atoms with Crippen molar-refractivity contribution >= 4 is 28.3 Å². The summed E-state index contributed by atoms with van der Waals surface area (Å²) in [5.74, 6) is 0.353. The second kappa shape index (κ2) is 5.47. The molecule has 19 heavy (non-hydrogen) atoms. The molecule has 6 nitrogen and oxygen atoms in total. The maximum Gasteiger partial charge on any atom is 0.270 e. The zero-order valence-electron chi connectivity index (χ0n) is 10.0. The molecule has 0 atom stereocenters. The molecule has 1 heterocycles. The average Bonchev–Trinajstić information content (AvgIpc) is 2.41. The van der Waals surface area contributed by atoms with Crippen LogP contribution >= 0.6 is 22.6 Å². The van der Waals surface area contributed by atoms with E-state index in [-0.39, 0.29) is 11.2 Å². The third kappa shape index (κ3) is 2.80. The van der Waals surface area contributed by atoms with Crippen LogP contribution in [0.2, 0.25) is 0 Å². The number of hydrogen-bond acceptors (Lipinski definition) is 4. The molecule has 0 unspecified atom stereocenters. The average molecular weight is 371 g/mol.